The van der Waals surface area contributed by atoms with Crippen LogP contribution in [0.25, 0.3) is 10.9 Å². The Bertz CT molecular complexity index is 974. The van der Waals surface area contributed by atoms with Gasteiger partial charge >= 0.3 is 0 Å². The van der Waals surface area contributed by atoms with Crippen LogP contribution in [0.15, 0.2) is 23.0 Å². The first-order valence-electron chi connectivity index (χ1n) is 6.79. The van der Waals surface area contributed by atoms with Crippen LogP contribution >= 0.6 is 11.5 Å². The molecule has 3 rings (SSSR count). The van der Waals surface area contributed by atoms with E-state index in [0.29, 0.717) is 16.9 Å². The first-order chi connectivity index (χ1) is 10.9. The van der Waals surface area contributed by atoms with E-state index in [0.717, 1.165) is 10.9 Å². The van der Waals surface area contributed by atoms with Crippen molar-refractivity contribution in [1.82, 2.24) is 14.2 Å². The molecule has 0 bridgehead atoms. The fourth-order valence-corrected chi connectivity index (χ4v) is 2.99. The van der Waals surface area contributed by atoms with Gasteiger partial charge in [-0.2, -0.15) is 9.47 Å². The average molecular weight is 332 g/mol. The molecule has 0 aliphatic heterocycles. The Morgan fingerprint density at radius 1 is 1.35 bits per heavy atom. The highest BCUT2D eigenvalue weighted by Gasteiger charge is 2.19. The third kappa shape index (κ3) is 2.61. The van der Waals surface area contributed by atoms with Gasteiger partial charge in [0.25, 0.3) is 5.91 Å². The number of rotatable bonds is 2. The monoisotopic (exact) mass is 332 g/mol. The van der Waals surface area contributed by atoms with Crippen molar-refractivity contribution in [3.8, 4) is 0 Å². The predicted molar refractivity (Wildman–Crippen MR) is 86.5 cm³/mol. The van der Waals surface area contributed by atoms with E-state index in [1.807, 2.05) is 6.92 Å². The average Bonchev–Trinajstić information content (AvgIpc) is 2.82. The van der Waals surface area contributed by atoms with Gasteiger partial charge in [0.1, 0.15) is 5.82 Å². The molecule has 2 heterocycles. The standard InChI is InChI=1S/C15H13FN4O2S/c1-7-12(8(2)23-19-7)17-15(22)13-14(21)10-6-9(16)4-5-11(10)20(3)18-13/h4-6H,1-3H3,(H,17,22). The summed E-state index contributed by atoms with van der Waals surface area (Å²) in [6.45, 7) is 3.59. The highest BCUT2D eigenvalue weighted by atomic mass is 32.1. The zero-order valence-corrected chi connectivity index (χ0v) is 13.5. The molecule has 1 amide bonds. The molecule has 3 aromatic rings. The summed E-state index contributed by atoms with van der Waals surface area (Å²) in [6.07, 6.45) is 0. The minimum atomic E-state index is -0.636. The summed E-state index contributed by atoms with van der Waals surface area (Å²) in [6, 6.07) is 3.81. The minimum absolute atomic E-state index is 0.115. The number of nitrogens with one attached hydrogen (secondary N) is 1. The highest BCUT2D eigenvalue weighted by Crippen LogP contribution is 2.23. The molecular formula is C15H13FN4O2S. The maximum absolute atomic E-state index is 13.4. The number of aromatic nitrogens is 3. The number of nitrogens with zero attached hydrogens (tertiary/aromatic N) is 3. The van der Waals surface area contributed by atoms with Gasteiger partial charge in [-0.1, -0.05) is 0 Å². The van der Waals surface area contributed by atoms with Crippen molar-refractivity contribution in [3.63, 3.8) is 0 Å². The molecule has 0 saturated heterocycles. The third-order valence-corrected chi connectivity index (χ3v) is 4.35. The van der Waals surface area contributed by atoms with Crippen molar-refractivity contribution in [2.45, 2.75) is 13.8 Å². The van der Waals surface area contributed by atoms with E-state index in [4.69, 9.17) is 0 Å². The van der Waals surface area contributed by atoms with Gasteiger partial charge in [-0.05, 0) is 43.6 Å². The second-order valence-corrected chi connectivity index (χ2v) is 6.09. The normalized spacial score (nSPS) is 11.0. The van der Waals surface area contributed by atoms with Gasteiger partial charge in [0.05, 0.1) is 22.3 Å². The predicted octanol–water partition coefficient (Wildman–Crippen LogP) is 2.40. The van der Waals surface area contributed by atoms with Gasteiger partial charge in [0.2, 0.25) is 5.43 Å². The molecule has 6 nitrogen and oxygen atoms in total. The third-order valence-electron chi connectivity index (χ3n) is 3.50. The zero-order chi connectivity index (χ0) is 16.7. The number of anilines is 1. The summed E-state index contributed by atoms with van der Waals surface area (Å²) >= 11 is 1.26. The number of amides is 1. The van der Waals surface area contributed by atoms with Crippen LogP contribution in [0.1, 0.15) is 21.1 Å². The summed E-state index contributed by atoms with van der Waals surface area (Å²) in [4.78, 5) is 25.7. The molecular weight excluding hydrogens is 319 g/mol. The Kier molecular flexibility index (Phi) is 3.69. The van der Waals surface area contributed by atoms with E-state index in [1.165, 1.54) is 28.3 Å². The van der Waals surface area contributed by atoms with Crippen LogP contribution in [-0.4, -0.2) is 20.1 Å². The fourth-order valence-electron chi connectivity index (χ4n) is 2.33. The maximum Gasteiger partial charge on any atom is 0.280 e. The summed E-state index contributed by atoms with van der Waals surface area (Å²) < 4.78 is 18.9. The Hall–Kier alpha value is -2.61. The first kappa shape index (κ1) is 15.3. The highest BCUT2D eigenvalue weighted by molar-refractivity contribution is 7.06. The van der Waals surface area contributed by atoms with Crippen LogP contribution in [-0.2, 0) is 7.05 Å². The lowest BCUT2D eigenvalue weighted by Crippen LogP contribution is -2.26. The van der Waals surface area contributed by atoms with Gasteiger partial charge in [0.15, 0.2) is 5.69 Å². The molecule has 0 fully saturated rings. The van der Waals surface area contributed by atoms with Gasteiger partial charge in [-0.3, -0.25) is 14.3 Å². The molecule has 0 spiro atoms. The van der Waals surface area contributed by atoms with E-state index in [1.54, 1.807) is 14.0 Å². The first-order valence-corrected chi connectivity index (χ1v) is 7.56. The minimum Gasteiger partial charge on any atom is -0.318 e. The molecule has 0 radical (unpaired) electrons. The van der Waals surface area contributed by atoms with Gasteiger partial charge in [0, 0.05) is 11.9 Å². The maximum atomic E-state index is 13.4. The SMILES string of the molecule is Cc1nsc(C)c1NC(=O)c1nn(C)c2ccc(F)cc2c1=O. The zero-order valence-electron chi connectivity index (χ0n) is 12.7. The molecule has 0 aliphatic carbocycles. The molecule has 8 heteroatoms. The van der Waals surface area contributed by atoms with Crippen LogP contribution in [0.2, 0.25) is 0 Å². The van der Waals surface area contributed by atoms with Gasteiger partial charge in [-0.25, -0.2) is 4.39 Å². The second kappa shape index (κ2) is 5.54. The van der Waals surface area contributed by atoms with Crippen LogP contribution < -0.4 is 10.7 Å². The molecule has 0 aliphatic rings. The number of hydrogen-bond acceptors (Lipinski definition) is 5. The van der Waals surface area contributed by atoms with Crippen molar-refractivity contribution in [1.29, 1.82) is 0 Å². The van der Waals surface area contributed by atoms with Crippen LogP contribution in [0, 0.1) is 19.7 Å². The summed E-state index contributed by atoms with van der Waals surface area (Å²) in [5.41, 5.74) is 0.814. The summed E-state index contributed by atoms with van der Waals surface area (Å²) in [5.74, 6) is -1.18. The van der Waals surface area contributed by atoms with Gasteiger partial charge in [-0.15, -0.1) is 0 Å². The smallest absolute Gasteiger partial charge is 0.280 e. The molecule has 118 valence electrons. The number of hydrogen-bond donors (Lipinski definition) is 1. The summed E-state index contributed by atoms with van der Waals surface area (Å²) in [7, 11) is 1.60. The fraction of sp³-hybridized carbons (Fsp3) is 0.200. The molecule has 0 unspecified atom stereocenters. The van der Waals surface area contributed by atoms with Crippen molar-refractivity contribution in [2.24, 2.45) is 7.05 Å². The molecule has 1 N–H and O–H groups in total. The van der Waals surface area contributed by atoms with E-state index in [9.17, 15) is 14.0 Å². The largest absolute Gasteiger partial charge is 0.318 e. The topological polar surface area (TPSA) is 76.9 Å². The Morgan fingerprint density at radius 2 is 2.09 bits per heavy atom. The van der Waals surface area contributed by atoms with Crippen LogP contribution in [0.5, 0.6) is 0 Å². The molecule has 1 aromatic carbocycles. The number of carbonyl (C=O) groups excluding carboxylic acids is 1. The molecule has 0 saturated carbocycles. The van der Waals surface area contributed by atoms with E-state index >= 15 is 0 Å². The van der Waals surface area contributed by atoms with Crippen molar-refractivity contribution in [3.05, 3.63) is 50.5 Å². The molecule has 23 heavy (non-hydrogen) atoms. The summed E-state index contributed by atoms with van der Waals surface area (Å²) in [5, 5.41) is 6.80. The Balaban J connectivity index is 2.11. The number of carbonyl (C=O) groups is 1. The molecule has 0 atom stereocenters. The van der Waals surface area contributed by atoms with Crippen LogP contribution in [0.3, 0.4) is 0 Å². The lowest BCUT2D eigenvalue weighted by molar-refractivity contribution is 0.101. The second-order valence-electron chi connectivity index (χ2n) is 5.12. The van der Waals surface area contributed by atoms with E-state index in [2.05, 4.69) is 14.8 Å². The number of halogens is 1. The number of benzene rings is 1. The van der Waals surface area contributed by atoms with Gasteiger partial charge < -0.3 is 5.32 Å². The van der Waals surface area contributed by atoms with Crippen molar-refractivity contribution in [2.75, 3.05) is 5.32 Å². The number of aryl methyl sites for hydroxylation is 3. The molecule has 2 aromatic heterocycles. The number of fused-ring (bicyclic) bond motifs is 1. The lowest BCUT2D eigenvalue weighted by atomic mass is 10.2. The van der Waals surface area contributed by atoms with Crippen molar-refractivity contribution < 1.29 is 9.18 Å². The van der Waals surface area contributed by atoms with E-state index < -0.39 is 17.2 Å². The quantitative estimate of drug-likeness (QED) is 0.782. The lowest BCUT2D eigenvalue weighted by Gasteiger charge is -2.08. The van der Waals surface area contributed by atoms with Crippen LogP contribution in [0.4, 0.5) is 10.1 Å². The Labute approximate surface area is 134 Å². The Morgan fingerprint density at radius 3 is 2.74 bits per heavy atom. The van der Waals surface area contributed by atoms with E-state index in [-0.39, 0.29) is 11.1 Å². The van der Waals surface area contributed by atoms with Crippen molar-refractivity contribution >= 4 is 34.0 Å².